The van der Waals surface area contributed by atoms with E-state index in [-0.39, 0.29) is 5.69 Å². The predicted molar refractivity (Wildman–Crippen MR) is 47.3 cm³/mol. The number of nitrogens with one attached hydrogen (secondary N) is 1. The maximum Gasteiger partial charge on any atom is 0.416 e. The van der Waals surface area contributed by atoms with E-state index in [0.29, 0.717) is 12.1 Å². The molecule has 0 saturated carbocycles. The summed E-state index contributed by atoms with van der Waals surface area (Å²) in [4.78, 5) is 9.40. The zero-order valence-corrected chi connectivity index (χ0v) is 7.58. The monoisotopic (exact) mass is 231 g/mol. The molecule has 0 unspecified atom stereocenters. The lowest BCUT2D eigenvalue weighted by atomic mass is 10.1. The molecular formula is C8H4F3N3O2. The van der Waals surface area contributed by atoms with Gasteiger partial charge in [-0.15, -0.1) is 0 Å². The highest BCUT2D eigenvalue weighted by atomic mass is 19.4. The van der Waals surface area contributed by atoms with Crippen LogP contribution in [-0.2, 0) is 6.18 Å². The number of nitrogens with zero attached hydrogens (tertiary/aromatic N) is 2. The van der Waals surface area contributed by atoms with E-state index in [9.17, 15) is 23.3 Å². The molecule has 0 aliphatic heterocycles. The highest BCUT2D eigenvalue weighted by Gasteiger charge is 2.32. The van der Waals surface area contributed by atoms with Crippen LogP contribution in [0, 0.1) is 21.6 Å². The number of hydrogen-bond donors (Lipinski definition) is 1. The fourth-order valence-electron chi connectivity index (χ4n) is 1.02. The maximum atomic E-state index is 12.3. The van der Waals surface area contributed by atoms with Gasteiger partial charge in [0.25, 0.3) is 5.69 Å². The summed E-state index contributed by atoms with van der Waals surface area (Å²) in [6.07, 6.45) is -3.31. The molecule has 0 amide bonds. The van der Waals surface area contributed by atoms with Gasteiger partial charge in [-0.05, 0) is 6.07 Å². The molecule has 0 radical (unpaired) electrons. The number of rotatable bonds is 2. The number of anilines is 1. The van der Waals surface area contributed by atoms with Crippen molar-refractivity contribution < 1.29 is 18.1 Å². The zero-order chi connectivity index (χ0) is 12.3. The summed E-state index contributed by atoms with van der Waals surface area (Å²) < 4.78 is 37.0. The number of nitriles is 1. The van der Waals surface area contributed by atoms with Crippen molar-refractivity contribution in [1.29, 1.82) is 5.26 Å². The van der Waals surface area contributed by atoms with E-state index in [0.717, 1.165) is 6.07 Å². The lowest BCUT2D eigenvalue weighted by Crippen LogP contribution is -2.06. The van der Waals surface area contributed by atoms with Crippen LogP contribution in [0.15, 0.2) is 18.2 Å². The van der Waals surface area contributed by atoms with Gasteiger partial charge in [0.05, 0.1) is 16.2 Å². The van der Waals surface area contributed by atoms with Crippen LogP contribution < -0.4 is 5.32 Å². The first-order valence-corrected chi connectivity index (χ1v) is 3.86. The van der Waals surface area contributed by atoms with Gasteiger partial charge in [0.2, 0.25) is 0 Å². The Kier molecular flexibility index (Phi) is 2.99. The molecule has 0 aromatic heterocycles. The first-order valence-electron chi connectivity index (χ1n) is 3.86. The SMILES string of the molecule is N#CNc1cc([N+](=O)[O-])cc(C(F)(F)F)c1. The Morgan fingerprint density at radius 2 is 2.00 bits per heavy atom. The van der Waals surface area contributed by atoms with Gasteiger partial charge >= 0.3 is 6.18 Å². The second kappa shape index (κ2) is 4.06. The van der Waals surface area contributed by atoms with Crippen LogP contribution in [0.2, 0.25) is 0 Å². The van der Waals surface area contributed by atoms with Crippen molar-refractivity contribution in [3.05, 3.63) is 33.9 Å². The largest absolute Gasteiger partial charge is 0.416 e. The fraction of sp³-hybridized carbons (Fsp3) is 0.125. The Morgan fingerprint density at radius 3 is 2.44 bits per heavy atom. The molecule has 0 fully saturated rings. The highest BCUT2D eigenvalue weighted by Crippen LogP contribution is 2.33. The standard InChI is InChI=1S/C8H4F3N3O2/c9-8(10,11)5-1-6(13-4-12)3-7(2-5)14(15)16/h1-3,13H. The molecule has 1 rings (SSSR count). The summed E-state index contributed by atoms with van der Waals surface area (Å²) in [6, 6.07) is 1.87. The molecule has 1 aromatic rings. The summed E-state index contributed by atoms with van der Waals surface area (Å²) in [6.45, 7) is 0. The highest BCUT2D eigenvalue weighted by molar-refractivity contribution is 5.56. The van der Waals surface area contributed by atoms with Gasteiger partial charge in [-0.2, -0.15) is 18.4 Å². The third-order valence-electron chi connectivity index (χ3n) is 1.66. The number of nitro groups is 1. The average Bonchev–Trinajstić information content (AvgIpc) is 2.16. The molecule has 0 aliphatic rings. The van der Waals surface area contributed by atoms with Gasteiger partial charge in [0.1, 0.15) is 0 Å². The van der Waals surface area contributed by atoms with Gasteiger partial charge in [-0.25, -0.2) is 0 Å². The van der Waals surface area contributed by atoms with E-state index in [1.807, 2.05) is 5.32 Å². The normalized spacial score (nSPS) is 10.6. The summed E-state index contributed by atoms with van der Waals surface area (Å²) in [5.74, 6) is 0. The van der Waals surface area contributed by atoms with Gasteiger partial charge in [-0.1, -0.05) is 0 Å². The van der Waals surface area contributed by atoms with Crippen molar-refractivity contribution in [2.75, 3.05) is 5.32 Å². The summed E-state index contributed by atoms with van der Waals surface area (Å²) >= 11 is 0. The fourth-order valence-corrected chi connectivity index (χ4v) is 1.02. The van der Waals surface area contributed by atoms with Crippen LogP contribution in [0.1, 0.15) is 5.56 Å². The van der Waals surface area contributed by atoms with E-state index < -0.39 is 22.4 Å². The summed E-state index contributed by atoms with van der Waals surface area (Å²) in [5, 5.41) is 20.5. The van der Waals surface area contributed by atoms with Crippen LogP contribution >= 0.6 is 0 Å². The van der Waals surface area contributed by atoms with Crippen LogP contribution in [0.25, 0.3) is 0 Å². The minimum atomic E-state index is -4.70. The van der Waals surface area contributed by atoms with E-state index in [1.54, 1.807) is 0 Å². The number of alkyl halides is 3. The first kappa shape index (κ1) is 11.8. The minimum absolute atomic E-state index is 0.274. The van der Waals surface area contributed by atoms with E-state index in [4.69, 9.17) is 5.26 Å². The van der Waals surface area contributed by atoms with Crippen molar-refractivity contribution in [3.63, 3.8) is 0 Å². The average molecular weight is 231 g/mol. The number of hydrogen-bond acceptors (Lipinski definition) is 4. The second-order valence-electron chi connectivity index (χ2n) is 2.76. The number of benzene rings is 1. The number of non-ortho nitro benzene ring substituents is 1. The topological polar surface area (TPSA) is 79.0 Å². The molecule has 1 aromatic carbocycles. The third kappa shape index (κ3) is 2.60. The van der Waals surface area contributed by atoms with Gasteiger partial charge < -0.3 is 0 Å². The van der Waals surface area contributed by atoms with Crippen molar-refractivity contribution in [2.24, 2.45) is 0 Å². The Bertz CT molecular complexity index is 465. The van der Waals surface area contributed by atoms with Crippen LogP contribution in [0.4, 0.5) is 24.5 Å². The maximum absolute atomic E-state index is 12.3. The van der Waals surface area contributed by atoms with E-state index in [1.165, 1.54) is 6.19 Å². The Labute approximate surface area is 87.3 Å². The molecule has 1 N–H and O–H groups in total. The van der Waals surface area contributed by atoms with E-state index >= 15 is 0 Å². The predicted octanol–water partition coefficient (Wildman–Crippen LogP) is 2.51. The molecular weight excluding hydrogens is 227 g/mol. The van der Waals surface area contributed by atoms with Crippen molar-refractivity contribution >= 4 is 11.4 Å². The molecule has 5 nitrogen and oxygen atoms in total. The van der Waals surface area contributed by atoms with Crippen LogP contribution in [0.3, 0.4) is 0 Å². The van der Waals surface area contributed by atoms with Crippen molar-refractivity contribution in [3.8, 4) is 6.19 Å². The molecule has 16 heavy (non-hydrogen) atoms. The Morgan fingerprint density at radius 1 is 1.38 bits per heavy atom. The first-order chi connectivity index (χ1) is 7.34. The molecule has 0 spiro atoms. The van der Waals surface area contributed by atoms with Crippen LogP contribution in [0.5, 0.6) is 0 Å². The quantitative estimate of drug-likeness (QED) is 0.367. The molecule has 0 heterocycles. The molecule has 0 bridgehead atoms. The zero-order valence-electron chi connectivity index (χ0n) is 7.58. The molecule has 84 valence electrons. The second-order valence-corrected chi connectivity index (χ2v) is 2.76. The lowest BCUT2D eigenvalue weighted by Gasteiger charge is -2.07. The molecule has 8 heteroatoms. The minimum Gasteiger partial charge on any atom is -0.293 e. The molecule has 0 aliphatic carbocycles. The molecule has 0 atom stereocenters. The van der Waals surface area contributed by atoms with Crippen LogP contribution in [-0.4, -0.2) is 4.92 Å². The smallest absolute Gasteiger partial charge is 0.293 e. The van der Waals surface area contributed by atoms with Gasteiger partial charge in [0, 0.05) is 12.1 Å². The summed E-state index contributed by atoms with van der Waals surface area (Å²) in [7, 11) is 0. The lowest BCUT2D eigenvalue weighted by molar-refractivity contribution is -0.385. The Hall–Kier alpha value is -2.30. The third-order valence-corrected chi connectivity index (χ3v) is 1.66. The summed E-state index contributed by atoms with van der Waals surface area (Å²) in [5.41, 5.74) is -2.18. The van der Waals surface area contributed by atoms with Gasteiger partial charge in [0.15, 0.2) is 6.19 Å². The molecule has 0 saturated heterocycles. The number of halogens is 3. The van der Waals surface area contributed by atoms with Crippen molar-refractivity contribution in [2.45, 2.75) is 6.18 Å². The Balaban J connectivity index is 3.31. The van der Waals surface area contributed by atoms with E-state index in [2.05, 4.69) is 0 Å². The van der Waals surface area contributed by atoms with Gasteiger partial charge in [-0.3, -0.25) is 15.4 Å². The number of nitro benzene ring substituents is 1. The van der Waals surface area contributed by atoms with Crippen molar-refractivity contribution in [1.82, 2.24) is 0 Å².